The van der Waals surface area contributed by atoms with Crippen molar-refractivity contribution in [3.8, 4) is 17.2 Å². The Hall–Kier alpha value is -4.49. The van der Waals surface area contributed by atoms with Gasteiger partial charge in [-0.3, -0.25) is 10.0 Å². The molecule has 0 saturated carbocycles. The van der Waals surface area contributed by atoms with Crippen molar-refractivity contribution < 1.29 is 22.3 Å². The van der Waals surface area contributed by atoms with Crippen LogP contribution in [0.4, 0.5) is 26.5 Å². The second-order valence-corrected chi connectivity index (χ2v) is 12.3. The third kappa shape index (κ3) is 7.04. The highest BCUT2D eigenvalue weighted by Crippen LogP contribution is 2.28. The van der Waals surface area contributed by atoms with Crippen molar-refractivity contribution in [2.45, 2.75) is 32.7 Å². The van der Waals surface area contributed by atoms with Crippen molar-refractivity contribution >= 4 is 33.4 Å². The number of likely N-dealkylation sites (N-methyl/N-ethyl adjacent to an activating group) is 1. The first kappa shape index (κ1) is 29.0. The van der Waals surface area contributed by atoms with Crippen LogP contribution in [0.5, 0.6) is 11.5 Å². The van der Waals surface area contributed by atoms with Gasteiger partial charge in [0.2, 0.25) is 10.0 Å². The molecule has 3 heterocycles. The molecule has 0 saturated heterocycles. The van der Waals surface area contributed by atoms with Gasteiger partial charge in [0, 0.05) is 37.5 Å². The van der Waals surface area contributed by atoms with Gasteiger partial charge in [-0.15, -0.1) is 0 Å². The third-order valence-electron chi connectivity index (χ3n) is 6.64. The van der Waals surface area contributed by atoms with Crippen molar-refractivity contribution in [1.82, 2.24) is 19.7 Å². The number of urea groups is 1. The van der Waals surface area contributed by atoms with E-state index in [0.29, 0.717) is 5.82 Å². The number of ether oxygens (including phenoxy) is 1. The summed E-state index contributed by atoms with van der Waals surface area (Å²) in [5, 5.41) is 10.1. The lowest BCUT2D eigenvalue weighted by molar-refractivity contribution is 0.262. The molecule has 0 fully saturated rings. The average Bonchev–Trinajstić information content (AvgIpc) is 3.33. The van der Waals surface area contributed by atoms with Gasteiger partial charge < -0.3 is 15.0 Å². The second-order valence-electron chi connectivity index (χ2n) is 10.5. The van der Waals surface area contributed by atoms with Crippen LogP contribution < -0.4 is 20.1 Å². The van der Waals surface area contributed by atoms with Gasteiger partial charge >= 0.3 is 6.03 Å². The lowest BCUT2D eigenvalue weighted by atomic mass is 9.99. The second kappa shape index (κ2) is 11.8. The Morgan fingerprint density at radius 1 is 1.02 bits per heavy atom. The van der Waals surface area contributed by atoms with Gasteiger partial charge in [0.1, 0.15) is 29.0 Å². The first-order valence-corrected chi connectivity index (χ1v) is 15.2. The topological polar surface area (TPSA) is 130 Å². The normalized spacial score (nSPS) is 13.5. The van der Waals surface area contributed by atoms with E-state index in [1.54, 1.807) is 4.68 Å². The number of pyridine rings is 1. The molecule has 1 aliphatic heterocycles. The van der Waals surface area contributed by atoms with E-state index >= 15 is 0 Å². The van der Waals surface area contributed by atoms with Gasteiger partial charge in [-0.2, -0.15) is 5.10 Å². The Morgan fingerprint density at radius 2 is 1.81 bits per heavy atom. The van der Waals surface area contributed by atoms with E-state index in [2.05, 4.69) is 44.4 Å². The highest BCUT2D eigenvalue weighted by Gasteiger charge is 2.19. The van der Waals surface area contributed by atoms with E-state index in [4.69, 9.17) is 9.84 Å². The molecule has 0 bridgehead atoms. The Bertz CT molecular complexity index is 1740. The van der Waals surface area contributed by atoms with Gasteiger partial charge in [-0.05, 0) is 60.8 Å². The number of carbonyl (C=O) groups is 1. The van der Waals surface area contributed by atoms with Crippen molar-refractivity contribution in [3.05, 3.63) is 83.4 Å². The number of carbonyl (C=O) groups excluding carboxylic acids is 1. The molecule has 13 heteroatoms. The fourth-order valence-corrected chi connectivity index (χ4v) is 5.06. The van der Waals surface area contributed by atoms with Crippen molar-refractivity contribution in [2.75, 3.05) is 35.2 Å². The highest BCUT2D eigenvalue weighted by atomic mass is 32.2. The summed E-state index contributed by atoms with van der Waals surface area (Å²) in [5.74, 6) is 0.325. The number of anilines is 3. The fourth-order valence-electron chi connectivity index (χ4n) is 4.57. The molecule has 0 atom stereocenters. The summed E-state index contributed by atoms with van der Waals surface area (Å²) in [4.78, 5) is 19.2. The average molecular weight is 594 g/mol. The van der Waals surface area contributed by atoms with E-state index < -0.39 is 21.9 Å². The number of benzene rings is 2. The zero-order valence-corrected chi connectivity index (χ0v) is 24.5. The zero-order chi connectivity index (χ0) is 30.0. The summed E-state index contributed by atoms with van der Waals surface area (Å²) in [5.41, 5.74) is 4.11. The molecule has 2 aromatic heterocycles. The van der Waals surface area contributed by atoms with E-state index in [-0.39, 0.29) is 28.9 Å². The SMILES string of the molecule is CC(C)c1cc(NC(=O)Nc2ccc(Oc3ccnc(NS(C)(=O)=O)c3)cc2F)n(-c2ccc3c(c2)CCN(C)C3)n1. The maximum atomic E-state index is 14.9. The number of halogens is 1. The van der Waals surface area contributed by atoms with E-state index in [1.165, 1.54) is 41.6 Å². The molecular weight excluding hydrogens is 561 g/mol. The maximum Gasteiger partial charge on any atom is 0.324 e. The quantitative estimate of drug-likeness (QED) is 0.252. The monoisotopic (exact) mass is 593 g/mol. The minimum absolute atomic E-state index is 0.0536. The largest absolute Gasteiger partial charge is 0.457 e. The molecule has 0 radical (unpaired) electrons. The summed E-state index contributed by atoms with van der Waals surface area (Å²) in [6.07, 6.45) is 3.29. The number of amides is 2. The molecule has 1 aliphatic rings. The molecule has 5 rings (SSSR count). The summed E-state index contributed by atoms with van der Waals surface area (Å²) >= 11 is 0. The number of nitrogens with one attached hydrogen (secondary N) is 3. The highest BCUT2D eigenvalue weighted by molar-refractivity contribution is 7.92. The van der Waals surface area contributed by atoms with Crippen molar-refractivity contribution in [1.29, 1.82) is 0 Å². The van der Waals surface area contributed by atoms with E-state index in [1.807, 2.05) is 26.0 Å². The summed E-state index contributed by atoms with van der Waals surface area (Å²) in [7, 11) is -1.42. The molecule has 220 valence electrons. The standard InChI is InChI=1S/C29H32FN7O4S/c1-18(2)26-16-28(37(34-26)21-6-5-20-17-36(3)12-10-19(20)13-21)33-29(38)32-25-8-7-22(14-24(25)30)41-23-9-11-31-27(15-23)35-42(4,39)40/h5-9,11,13-16,18H,10,12,17H2,1-4H3,(H,31,35)(H2,32,33,38). The Morgan fingerprint density at radius 3 is 2.55 bits per heavy atom. The van der Waals surface area contributed by atoms with Crippen LogP contribution in [0.15, 0.2) is 60.8 Å². The van der Waals surface area contributed by atoms with Crippen LogP contribution in [0.25, 0.3) is 5.69 Å². The van der Waals surface area contributed by atoms with Crippen LogP contribution >= 0.6 is 0 Å². The number of hydrogen-bond donors (Lipinski definition) is 3. The predicted molar refractivity (Wildman–Crippen MR) is 160 cm³/mol. The third-order valence-corrected chi connectivity index (χ3v) is 7.22. The molecule has 2 amide bonds. The first-order valence-electron chi connectivity index (χ1n) is 13.3. The summed E-state index contributed by atoms with van der Waals surface area (Å²) in [6.45, 7) is 5.90. The number of sulfonamides is 1. The maximum absolute atomic E-state index is 14.9. The molecule has 11 nitrogen and oxygen atoms in total. The molecule has 3 N–H and O–H groups in total. The summed E-state index contributed by atoms with van der Waals surface area (Å²) < 4.78 is 47.4. The lowest BCUT2D eigenvalue weighted by Crippen LogP contribution is -2.26. The zero-order valence-electron chi connectivity index (χ0n) is 23.7. The van der Waals surface area contributed by atoms with Gasteiger partial charge in [-0.25, -0.2) is 27.3 Å². The van der Waals surface area contributed by atoms with Crippen LogP contribution in [0.1, 0.15) is 36.6 Å². The van der Waals surface area contributed by atoms with Crippen molar-refractivity contribution in [3.63, 3.8) is 0 Å². The Labute approximate surface area is 243 Å². The minimum atomic E-state index is -3.52. The molecule has 0 spiro atoms. The van der Waals surface area contributed by atoms with Gasteiger partial charge in [0.05, 0.1) is 23.3 Å². The molecule has 2 aromatic carbocycles. The van der Waals surface area contributed by atoms with Gasteiger partial charge in [0.25, 0.3) is 0 Å². The Kier molecular flexibility index (Phi) is 8.14. The van der Waals surface area contributed by atoms with Crippen LogP contribution in [0.3, 0.4) is 0 Å². The predicted octanol–water partition coefficient (Wildman–Crippen LogP) is 5.33. The lowest BCUT2D eigenvalue weighted by Gasteiger charge is -2.25. The van der Waals surface area contributed by atoms with E-state index in [0.717, 1.165) is 43.2 Å². The van der Waals surface area contributed by atoms with E-state index in [9.17, 15) is 17.6 Å². The minimum Gasteiger partial charge on any atom is -0.457 e. The van der Waals surface area contributed by atoms with Crippen LogP contribution in [-0.2, 0) is 23.0 Å². The van der Waals surface area contributed by atoms with Crippen LogP contribution in [-0.4, -0.2) is 54.0 Å². The number of aromatic nitrogens is 3. The number of nitrogens with zero attached hydrogens (tertiary/aromatic N) is 4. The number of rotatable bonds is 8. The molecule has 0 aliphatic carbocycles. The molecule has 4 aromatic rings. The van der Waals surface area contributed by atoms with Gasteiger partial charge in [0.15, 0.2) is 0 Å². The van der Waals surface area contributed by atoms with Gasteiger partial charge in [-0.1, -0.05) is 19.9 Å². The summed E-state index contributed by atoms with van der Waals surface area (Å²) in [6, 6.07) is 14.2. The van der Waals surface area contributed by atoms with Crippen LogP contribution in [0, 0.1) is 5.82 Å². The number of fused-ring (bicyclic) bond motifs is 1. The van der Waals surface area contributed by atoms with Crippen molar-refractivity contribution in [2.24, 2.45) is 0 Å². The fraction of sp³-hybridized carbons (Fsp3) is 0.276. The molecular formula is C29H32FN7O4S. The smallest absolute Gasteiger partial charge is 0.324 e. The molecule has 42 heavy (non-hydrogen) atoms. The number of hydrogen-bond acceptors (Lipinski definition) is 7. The van der Waals surface area contributed by atoms with Crippen LogP contribution in [0.2, 0.25) is 0 Å². The first-order chi connectivity index (χ1) is 19.9. The Balaban J connectivity index is 1.30. The molecule has 0 unspecified atom stereocenters.